The normalized spacial score (nSPS) is 18.3. The van der Waals surface area contributed by atoms with Gasteiger partial charge in [-0.15, -0.1) is 0 Å². The highest BCUT2D eigenvalue weighted by Gasteiger charge is 2.25. The number of hydrogen-bond donors (Lipinski definition) is 0. The van der Waals surface area contributed by atoms with Crippen LogP contribution in [0.25, 0.3) is 22.0 Å². The Bertz CT molecular complexity index is 1280. The summed E-state index contributed by atoms with van der Waals surface area (Å²) < 4.78 is 39.5. The van der Waals surface area contributed by atoms with Crippen LogP contribution in [0.15, 0.2) is 52.9 Å². The topological polar surface area (TPSA) is 69.0 Å². The van der Waals surface area contributed by atoms with Gasteiger partial charge in [0.05, 0.1) is 23.5 Å². The van der Waals surface area contributed by atoms with Crippen molar-refractivity contribution in [1.82, 2.24) is 9.55 Å². The van der Waals surface area contributed by atoms with E-state index in [2.05, 4.69) is 4.98 Å². The first-order valence-electron chi connectivity index (χ1n) is 8.45. The Hall–Kier alpha value is -2.80. The van der Waals surface area contributed by atoms with Crippen molar-refractivity contribution in [2.45, 2.75) is 19.9 Å². The number of sulfone groups is 1. The molecule has 0 saturated heterocycles. The number of allylic oxidation sites excluding steroid dienone is 1. The second-order valence-corrected chi connectivity index (χ2v) is 8.74. The van der Waals surface area contributed by atoms with Gasteiger partial charge < -0.3 is 0 Å². The Morgan fingerprint density at radius 3 is 2.59 bits per heavy atom. The standard InChI is InChI=1S/C20H17FN2O3S/c1-12-3-4-14(9-13(12)2)16-5-6-17-19(18(16)21)22-11-23(20(17)24)15-7-8-27(25,26)10-15/h3-9,11,15H,10H2,1-2H3. The Morgan fingerprint density at radius 2 is 1.93 bits per heavy atom. The largest absolute Gasteiger partial charge is 0.291 e. The summed E-state index contributed by atoms with van der Waals surface area (Å²) in [6.07, 6.45) is 2.66. The number of nitrogens with zero attached hydrogens (tertiary/aromatic N) is 2. The fraction of sp³-hybridized carbons (Fsp3) is 0.200. The molecule has 138 valence electrons. The van der Waals surface area contributed by atoms with Gasteiger partial charge in [-0.1, -0.05) is 24.3 Å². The van der Waals surface area contributed by atoms with Crippen LogP contribution in [0.5, 0.6) is 0 Å². The minimum atomic E-state index is -3.31. The lowest BCUT2D eigenvalue weighted by Crippen LogP contribution is -2.26. The molecule has 0 aliphatic carbocycles. The minimum absolute atomic E-state index is 0.0168. The summed E-state index contributed by atoms with van der Waals surface area (Å²) in [5, 5.41) is 1.22. The van der Waals surface area contributed by atoms with E-state index < -0.39 is 27.3 Å². The zero-order valence-corrected chi connectivity index (χ0v) is 15.6. The highest BCUT2D eigenvalue weighted by atomic mass is 32.2. The van der Waals surface area contributed by atoms with Crippen LogP contribution in [0, 0.1) is 19.7 Å². The molecular formula is C20H17FN2O3S. The predicted molar refractivity (Wildman–Crippen MR) is 103 cm³/mol. The molecule has 0 bridgehead atoms. The van der Waals surface area contributed by atoms with Crippen molar-refractivity contribution in [1.29, 1.82) is 0 Å². The van der Waals surface area contributed by atoms with Crippen LogP contribution in [0.4, 0.5) is 4.39 Å². The maximum absolute atomic E-state index is 15.1. The summed E-state index contributed by atoms with van der Waals surface area (Å²) in [5.41, 5.74) is 2.77. The van der Waals surface area contributed by atoms with Gasteiger partial charge in [-0.3, -0.25) is 9.36 Å². The molecule has 1 aliphatic rings. The summed E-state index contributed by atoms with van der Waals surface area (Å²) in [6, 6.07) is 8.14. The lowest BCUT2D eigenvalue weighted by atomic mass is 9.99. The summed E-state index contributed by atoms with van der Waals surface area (Å²) in [4.78, 5) is 16.9. The zero-order chi connectivity index (χ0) is 19.3. The molecule has 27 heavy (non-hydrogen) atoms. The number of hydrogen-bond acceptors (Lipinski definition) is 4. The molecule has 2 aromatic carbocycles. The molecule has 0 radical (unpaired) electrons. The first-order chi connectivity index (χ1) is 12.8. The molecule has 1 atom stereocenters. The van der Waals surface area contributed by atoms with E-state index in [-0.39, 0.29) is 16.7 Å². The van der Waals surface area contributed by atoms with Gasteiger partial charge in [-0.25, -0.2) is 17.8 Å². The first-order valence-corrected chi connectivity index (χ1v) is 10.2. The summed E-state index contributed by atoms with van der Waals surface area (Å²) >= 11 is 0. The van der Waals surface area contributed by atoms with Gasteiger partial charge in [0.25, 0.3) is 5.56 Å². The number of halogens is 1. The maximum atomic E-state index is 15.1. The Labute approximate surface area is 155 Å². The number of benzene rings is 2. The van der Waals surface area contributed by atoms with Crippen LogP contribution in [-0.2, 0) is 9.84 Å². The van der Waals surface area contributed by atoms with Gasteiger partial charge in [0.15, 0.2) is 15.7 Å². The molecule has 3 aromatic rings. The Morgan fingerprint density at radius 1 is 1.15 bits per heavy atom. The van der Waals surface area contributed by atoms with E-state index >= 15 is 4.39 Å². The SMILES string of the molecule is Cc1ccc(-c2ccc3c(=O)n(C4C=CS(=O)(=O)C4)cnc3c2F)cc1C. The fourth-order valence-corrected chi connectivity index (χ4v) is 4.56. The number of rotatable bonds is 2. The molecule has 1 unspecified atom stereocenters. The first kappa shape index (κ1) is 17.6. The number of aromatic nitrogens is 2. The van der Waals surface area contributed by atoms with Crippen molar-refractivity contribution < 1.29 is 12.8 Å². The fourth-order valence-electron chi connectivity index (χ4n) is 3.28. The van der Waals surface area contributed by atoms with Crippen molar-refractivity contribution in [3.63, 3.8) is 0 Å². The van der Waals surface area contributed by atoms with Crippen LogP contribution in [0.3, 0.4) is 0 Å². The van der Waals surface area contributed by atoms with Crippen molar-refractivity contribution in [3.8, 4) is 11.1 Å². The van der Waals surface area contributed by atoms with E-state index in [1.165, 1.54) is 17.0 Å². The lowest BCUT2D eigenvalue weighted by molar-refractivity contribution is 0.585. The van der Waals surface area contributed by atoms with Gasteiger partial charge in [-0.2, -0.15) is 0 Å². The second-order valence-electron chi connectivity index (χ2n) is 6.80. The predicted octanol–water partition coefficient (Wildman–Crippen LogP) is 3.30. The molecule has 1 aromatic heterocycles. The van der Waals surface area contributed by atoms with Crippen molar-refractivity contribution >= 4 is 20.7 Å². The third-order valence-corrected chi connectivity index (χ3v) is 6.36. The molecule has 2 heterocycles. The highest BCUT2D eigenvalue weighted by molar-refractivity contribution is 7.94. The van der Waals surface area contributed by atoms with Gasteiger partial charge in [0.1, 0.15) is 5.52 Å². The van der Waals surface area contributed by atoms with E-state index in [9.17, 15) is 13.2 Å². The number of aryl methyl sites for hydroxylation is 2. The van der Waals surface area contributed by atoms with Crippen LogP contribution in [-0.4, -0.2) is 23.7 Å². The Balaban J connectivity index is 1.85. The highest BCUT2D eigenvalue weighted by Crippen LogP contribution is 2.28. The zero-order valence-electron chi connectivity index (χ0n) is 14.8. The van der Waals surface area contributed by atoms with Crippen molar-refractivity contribution in [2.24, 2.45) is 0 Å². The lowest BCUT2D eigenvalue weighted by Gasteiger charge is -2.13. The van der Waals surface area contributed by atoms with E-state index in [4.69, 9.17) is 0 Å². The van der Waals surface area contributed by atoms with Gasteiger partial charge in [0, 0.05) is 11.0 Å². The molecule has 5 nitrogen and oxygen atoms in total. The summed E-state index contributed by atoms with van der Waals surface area (Å²) in [7, 11) is -3.31. The molecule has 0 amide bonds. The molecule has 0 N–H and O–H groups in total. The molecule has 1 aliphatic heterocycles. The summed E-state index contributed by atoms with van der Waals surface area (Å²) in [5.74, 6) is -0.752. The minimum Gasteiger partial charge on any atom is -0.291 e. The van der Waals surface area contributed by atoms with Crippen molar-refractivity contribution in [2.75, 3.05) is 5.75 Å². The quantitative estimate of drug-likeness (QED) is 0.680. The third-order valence-electron chi connectivity index (χ3n) is 4.98. The molecular weight excluding hydrogens is 367 g/mol. The molecule has 4 rings (SSSR count). The van der Waals surface area contributed by atoms with E-state index in [1.54, 1.807) is 12.1 Å². The molecule has 7 heteroatoms. The maximum Gasteiger partial charge on any atom is 0.261 e. The van der Waals surface area contributed by atoms with Crippen LogP contribution < -0.4 is 5.56 Å². The van der Waals surface area contributed by atoms with Gasteiger partial charge in [-0.05, 0) is 42.7 Å². The average molecular weight is 384 g/mol. The number of fused-ring (bicyclic) bond motifs is 1. The van der Waals surface area contributed by atoms with E-state index in [0.29, 0.717) is 11.1 Å². The molecule has 0 fully saturated rings. The second kappa shape index (κ2) is 6.13. The molecule has 0 spiro atoms. The van der Waals surface area contributed by atoms with Gasteiger partial charge >= 0.3 is 0 Å². The van der Waals surface area contributed by atoms with Crippen LogP contribution in [0.2, 0.25) is 0 Å². The van der Waals surface area contributed by atoms with Crippen molar-refractivity contribution in [3.05, 3.63) is 75.4 Å². The van der Waals surface area contributed by atoms with Gasteiger partial charge in [0.2, 0.25) is 0 Å². The smallest absolute Gasteiger partial charge is 0.261 e. The average Bonchev–Trinajstić information content (AvgIpc) is 2.98. The summed E-state index contributed by atoms with van der Waals surface area (Å²) in [6.45, 7) is 3.94. The molecule has 0 saturated carbocycles. The third kappa shape index (κ3) is 2.98. The van der Waals surface area contributed by atoms with E-state index in [0.717, 1.165) is 16.5 Å². The van der Waals surface area contributed by atoms with E-state index in [1.807, 2.05) is 32.0 Å². The van der Waals surface area contributed by atoms with Crippen LogP contribution >= 0.6 is 0 Å². The van der Waals surface area contributed by atoms with Crippen LogP contribution in [0.1, 0.15) is 17.2 Å². The Kier molecular flexibility index (Phi) is 3.99. The monoisotopic (exact) mass is 384 g/mol.